The summed E-state index contributed by atoms with van der Waals surface area (Å²) in [5.41, 5.74) is 0.261. The molecule has 0 radical (unpaired) electrons. The first-order valence-electron chi connectivity index (χ1n) is 2.44. The van der Waals surface area contributed by atoms with Gasteiger partial charge in [-0.25, -0.2) is 4.98 Å². The Morgan fingerprint density at radius 1 is 1.60 bits per heavy atom. The van der Waals surface area contributed by atoms with Crippen LogP contribution < -0.4 is 0 Å². The van der Waals surface area contributed by atoms with Crippen LogP contribution in [0.25, 0.3) is 0 Å². The van der Waals surface area contributed by atoms with Gasteiger partial charge in [0.2, 0.25) is 0 Å². The number of thiazole rings is 1. The quantitative estimate of drug-likeness (QED) is 0.646. The topological polar surface area (TPSA) is 30.0 Å². The third-order valence-electron chi connectivity index (χ3n) is 0.893. The van der Waals surface area contributed by atoms with E-state index in [2.05, 4.69) is 4.98 Å². The molecule has 0 N–H and O–H groups in total. The fraction of sp³-hybridized carbons (Fsp3) is 0.200. The van der Waals surface area contributed by atoms with Crippen molar-refractivity contribution in [1.29, 1.82) is 0 Å². The van der Waals surface area contributed by atoms with Crippen molar-refractivity contribution >= 4 is 40.3 Å². The third kappa shape index (κ3) is 1.48. The molecule has 0 bridgehead atoms. The molecule has 10 heavy (non-hydrogen) atoms. The van der Waals surface area contributed by atoms with Crippen LogP contribution in [0, 0.1) is 0 Å². The van der Waals surface area contributed by atoms with E-state index in [0.29, 0.717) is 8.80 Å². The molecule has 0 aliphatic heterocycles. The molecule has 0 aliphatic carbocycles. The van der Waals surface area contributed by atoms with E-state index in [-0.39, 0.29) is 11.5 Å². The van der Waals surface area contributed by atoms with Crippen molar-refractivity contribution in [1.82, 2.24) is 4.98 Å². The van der Waals surface area contributed by atoms with Gasteiger partial charge >= 0.3 is 0 Å². The molecule has 0 aromatic carbocycles. The molecule has 0 saturated carbocycles. The van der Waals surface area contributed by atoms with E-state index in [1.54, 1.807) is 0 Å². The molecule has 1 aromatic heterocycles. The minimum absolute atomic E-state index is 0.159. The van der Waals surface area contributed by atoms with Crippen LogP contribution in [-0.4, -0.2) is 10.8 Å². The van der Waals surface area contributed by atoms with Gasteiger partial charge in [0.05, 0.1) is 0 Å². The molecule has 0 atom stereocenters. The van der Waals surface area contributed by atoms with E-state index >= 15 is 0 Å². The first-order valence-corrected chi connectivity index (χ1v) is 4.01. The minimum Gasteiger partial charge on any atom is -0.293 e. The molecule has 0 amide bonds. The number of Topliss-reactive ketones (excluding diaryl/α,β-unsaturated/α-hetero) is 1. The number of ketones is 1. The number of aromatic nitrogens is 1. The van der Waals surface area contributed by atoms with Crippen LogP contribution in [0.2, 0.25) is 8.80 Å². The lowest BCUT2D eigenvalue weighted by Crippen LogP contribution is -1.91. The Bertz CT molecular complexity index is 271. The zero-order valence-corrected chi connectivity index (χ0v) is 7.35. The fourth-order valence-electron chi connectivity index (χ4n) is 0.494. The number of rotatable bonds is 1. The van der Waals surface area contributed by atoms with Crippen molar-refractivity contribution in [2.45, 2.75) is 6.92 Å². The second-order valence-electron chi connectivity index (χ2n) is 1.65. The summed E-state index contributed by atoms with van der Waals surface area (Å²) in [7, 11) is 0. The average molecular weight is 196 g/mol. The van der Waals surface area contributed by atoms with E-state index in [0.717, 1.165) is 11.3 Å². The Kier molecular flexibility index (Phi) is 2.28. The van der Waals surface area contributed by atoms with Crippen molar-refractivity contribution in [2.24, 2.45) is 0 Å². The van der Waals surface area contributed by atoms with Gasteiger partial charge < -0.3 is 0 Å². The van der Waals surface area contributed by atoms with Crippen LogP contribution >= 0.6 is 34.5 Å². The normalized spacial score (nSPS) is 9.90. The Morgan fingerprint density at radius 2 is 2.20 bits per heavy atom. The van der Waals surface area contributed by atoms with Crippen LogP contribution in [0.3, 0.4) is 0 Å². The maximum atomic E-state index is 10.7. The highest BCUT2D eigenvalue weighted by Gasteiger charge is 2.10. The molecule has 1 aromatic rings. The zero-order valence-electron chi connectivity index (χ0n) is 5.02. The first-order chi connectivity index (χ1) is 4.61. The lowest BCUT2D eigenvalue weighted by molar-refractivity contribution is 0.101. The van der Waals surface area contributed by atoms with Crippen LogP contribution in [0.15, 0.2) is 0 Å². The zero-order chi connectivity index (χ0) is 7.72. The summed E-state index contributed by atoms with van der Waals surface area (Å²) in [5, 5.41) is 0. The van der Waals surface area contributed by atoms with Gasteiger partial charge in [-0.1, -0.05) is 34.5 Å². The van der Waals surface area contributed by atoms with E-state index in [1.807, 2.05) is 0 Å². The first kappa shape index (κ1) is 7.98. The van der Waals surface area contributed by atoms with Crippen molar-refractivity contribution in [3.05, 3.63) is 14.5 Å². The maximum Gasteiger partial charge on any atom is 0.185 e. The summed E-state index contributed by atoms with van der Waals surface area (Å²) in [5.74, 6) is -0.159. The molecule has 54 valence electrons. The Hall–Kier alpha value is -0.120. The van der Waals surface area contributed by atoms with Crippen LogP contribution in [0.5, 0.6) is 0 Å². The van der Waals surface area contributed by atoms with Gasteiger partial charge in [0.15, 0.2) is 10.3 Å². The Balaban J connectivity index is 3.15. The van der Waals surface area contributed by atoms with Crippen LogP contribution in [0.4, 0.5) is 0 Å². The van der Waals surface area contributed by atoms with Gasteiger partial charge in [-0.3, -0.25) is 4.79 Å². The lowest BCUT2D eigenvalue weighted by atomic mass is 10.4. The maximum absolute atomic E-state index is 10.7. The van der Waals surface area contributed by atoms with Crippen LogP contribution in [-0.2, 0) is 0 Å². The number of halogens is 2. The van der Waals surface area contributed by atoms with E-state index in [1.165, 1.54) is 6.92 Å². The molecule has 0 unspecified atom stereocenters. The van der Waals surface area contributed by atoms with E-state index < -0.39 is 0 Å². The highest BCUT2D eigenvalue weighted by molar-refractivity contribution is 7.19. The molecule has 0 aliphatic rings. The molecule has 0 fully saturated rings. The lowest BCUT2D eigenvalue weighted by Gasteiger charge is -1.83. The van der Waals surface area contributed by atoms with Gasteiger partial charge in [-0.15, -0.1) is 0 Å². The second-order valence-corrected chi connectivity index (χ2v) is 3.83. The molecule has 5 heteroatoms. The SMILES string of the molecule is CC(=O)c1nc(Cl)sc1Cl. The highest BCUT2D eigenvalue weighted by Crippen LogP contribution is 2.27. The highest BCUT2D eigenvalue weighted by atomic mass is 35.5. The van der Waals surface area contributed by atoms with Gasteiger partial charge in [-0.05, 0) is 0 Å². The summed E-state index contributed by atoms with van der Waals surface area (Å²) in [4.78, 5) is 14.4. The largest absolute Gasteiger partial charge is 0.293 e. The van der Waals surface area contributed by atoms with Crippen LogP contribution in [0.1, 0.15) is 17.4 Å². The predicted molar refractivity (Wildman–Crippen MR) is 42.1 cm³/mol. The van der Waals surface area contributed by atoms with Crippen molar-refractivity contribution in [2.75, 3.05) is 0 Å². The summed E-state index contributed by atoms with van der Waals surface area (Å²) in [6.07, 6.45) is 0. The smallest absolute Gasteiger partial charge is 0.185 e. The molecular weight excluding hydrogens is 193 g/mol. The molecular formula is C5H3Cl2NOS. The van der Waals surface area contributed by atoms with E-state index in [9.17, 15) is 4.79 Å². The number of carbonyl (C=O) groups is 1. The summed E-state index contributed by atoms with van der Waals surface area (Å²) in [6, 6.07) is 0. The monoisotopic (exact) mass is 195 g/mol. The third-order valence-corrected chi connectivity index (χ3v) is 2.25. The van der Waals surface area contributed by atoms with Crippen molar-refractivity contribution < 1.29 is 4.79 Å². The van der Waals surface area contributed by atoms with Gasteiger partial charge in [0.25, 0.3) is 0 Å². The fourth-order valence-corrected chi connectivity index (χ4v) is 1.89. The molecule has 2 nitrogen and oxygen atoms in total. The number of hydrogen-bond donors (Lipinski definition) is 0. The average Bonchev–Trinajstić information content (AvgIpc) is 2.10. The summed E-state index contributed by atoms with van der Waals surface area (Å²) in [6.45, 7) is 1.40. The number of nitrogens with zero attached hydrogens (tertiary/aromatic N) is 1. The molecule has 1 rings (SSSR count). The number of hydrogen-bond acceptors (Lipinski definition) is 3. The van der Waals surface area contributed by atoms with Crippen molar-refractivity contribution in [3.8, 4) is 0 Å². The molecule has 1 heterocycles. The van der Waals surface area contributed by atoms with Gasteiger partial charge in [0.1, 0.15) is 10.0 Å². The summed E-state index contributed by atoms with van der Waals surface area (Å²) >= 11 is 12.2. The minimum atomic E-state index is -0.159. The predicted octanol–water partition coefficient (Wildman–Crippen LogP) is 2.65. The molecule has 0 saturated heterocycles. The Morgan fingerprint density at radius 3 is 2.40 bits per heavy atom. The van der Waals surface area contributed by atoms with Gasteiger partial charge in [0, 0.05) is 6.92 Å². The van der Waals surface area contributed by atoms with Gasteiger partial charge in [-0.2, -0.15) is 0 Å². The molecule has 0 spiro atoms. The second kappa shape index (κ2) is 2.86. The Labute approximate surface area is 71.8 Å². The van der Waals surface area contributed by atoms with E-state index in [4.69, 9.17) is 23.2 Å². The summed E-state index contributed by atoms with van der Waals surface area (Å²) < 4.78 is 0.660. The number of carbonyl (C=O) groups excluding carboxylic acids is 1. The standard InChI is InChI=1S/C5H3Cl2NOS/c1-2(9)3-4(6)10-5(7)8-3/h1H3. The van der Waals surface area contributed by atoms with Crippen molar-refractivity contribution in [3.63, 3.8) is 0 Å².